The average molecular weight is 472 g/mol. The number of imide groups is 1. The second-order valence-corrected chi connectivity index (χ2v) is 8.33. The Morgan fingerprint density at radius 1 is 0.857 bits per heavy atom. The molecule has 0 saturated carbocycles. The number of fused-ring (bicyclic) bond motifs is 1. The highest BCUT2D eigenvalue weighted by atomic mass is 16.5. The van der Waals surface area contributed by atoms with Crippen LogP contribution in [0.15, 0.2) is 72.8 Å². The molecule has 1 atom stereocenters. The van der Waals surface area contributed by atoms with E-state index in [-0.39, 0.29) is 24.2 Å². The van der Waals surface area contributed by atoms with Crippen molar-refractivity contribution in [3.8, 4) is 5.75 Å². The van der Waals surface area contributed by atoms with Gasteiger partial charge < -0.3 is 4.74 Å². The van der Waals surface area contributed by atoms with E-state index in [1.165, 1.54) is 0 Å². The summed E-state index contributed by atoms with van der Waals surface area (Å²) >= 11 is 0. The van der Waals surface area contributed by atoms with Gasteiger partial charge in [0.05, 0.1) is 11.1 Å². The topological polar surface area (TPSA) is 105 Å². The standard InChI is InChI=1S/C27H25N3O5/c1-17-12-13-18(2)23(14-17)35-16-24(31)28-29-25(32)22(15-19-8-4-3-5-9-19)30-26(33)20-10-6-7-11-21(20)27(30)34/h3-14,22H,15-16H2,1-2H3,(H,28,31)(H,29,32). The van der Waals surface area contributed by atoms with E-state index < -0.39 is 29.7 Å². The molecule has 35 heavy (non-hydrogen) atoms. The van der Waals surface area contributed by atoms with E-state index in [0.29, 0.717) is 5.75 Å². The van der Waals surface area contributed by atoms with Gasteiger partial charge in [0.2, 0.25) is 0 Å². The predicted octanol–water partition coefficient (Wildman–Crippen LogP) is 2.74. The highest BCUT2D eigenvalue weighted by Crippen LogP contribution is 2.26. The van der Waals surface area contributed by atoms with Gasteiger partial charge in [-0.05, 0) is 48.7 Å². The van der Waals surface area contributed by atoms with Crippen molar-refractivity contribution in [2.24, 2.45) is 0 Å². The molecule has 4 amide bonds. The number of hydrazine groups is 1. The fourth-order valence-corrected chi connectivity index (χ4v) is 3.89. The van der Waals surface area contributed by atoms with Gasteiger partial charge in [-0.1, -0.05) is 54.6 Å². The van der Waals surface area contributed by atoms with Gasteiger partial charge in [-0.3, -0.25) is 34.9 Å². The monoisotopic (exact) mass is 471 g/mol. The summed E-state index contributed by atoms with van der Waals surface area (Å²) < 4.78 is 5.56. The third kappa shape index (κ3) is 5.22. The zero-order chi connectivity index (χ0) is 24.9. The summed E-state index contributed by atoms with van der Waals surface area (Å²) in [6, 6.07) is 20.0. The van der Waals surface area contributed by atoms with Gasteiger partial charge in [-0.2, -0.15) is 0 Å². The van der Waals surface area contributed by atoms with Crippen LogP contribution in [0.5, 0.6) is 5.75 Å². The van der Waals surface area contributed by atoms with E-state index in [4.69, 9.17) is 4.74 Å². The number of benzene rings is 3. The van der Waals surface area contributed by atoms with Crippen LogP contribution in [0.3, 0.4) is 0 Å². The summed E-state index contributed by atoms with van der Waals surface area (Å²) in [5.74, 6) is -1.81. The van der Waals surface area contributed by atoms with E-state index in [2.05, 4.69) is 10.9 Å². The summed E-state index contributed by atoms with van der Waals surface area (Å²) in [6.45, 7) is 3.46. The second kappa shape index (κ2) is 10.2. The van der Waals surface area contributed by atoms with Crippen LogP contribution in [0.4, 0.5) is 0 Å². The molecule has 4 rings (SSSR count). The fourth-order valence-electron chi connectivity index (χ4n) is 3.89. The number of hydrogen-bond acceptors (Lipinski definition) is 5. The van der Waals surface area contributed by atoms with Gasteiger partial charge >= 0.3 is 0 Å². The van der Waals surface area contributed by atoms with E-state index >= 15 is 0 Å². The Morgan fingerprint density at radius 3 is 2.14 bits per heavy atom. The molecule has 8 heteroatoms. The van der Waals surface area contributed by atoms with Crippen LogP contribution in [0.2, 0.25) is 0 Å². The van der Waals surface area contributed by atoms with Crippen LogP contribution >= 0.6 is 0 Å². The molecule has 0 fully saturated rings. The number of nitrogens with one attached hydrogen (secondary N) is 2. The summed E-state index contributed by atoms with van der Waals surface area (Å²) in [7, 11) is 0. The van der Waals surface area contributed by atoms with Gasteiger partial charge in [0, 0.05) is 6.42 Å². The Hall–Kier alpha value is -4.46. The molecule has 0 radical (unpaired) electrons. The summed E-state index contributed by atoms with van der Waals surface area (Å²) in [4.78, 5) is 52.5. The first kappa shape index (κ1) is 23.7. The minimum absolute atomic E-state index is 0.0903. The van der Waals surface area contributed by atoms with Crippen molar-refractivity contribution in [2.75, 3.05) is 6.61 Å². The molecule has 0 spiro atoms. The summed E-state index contributed by atoms with van der Waals surface area (Å²) in [5.41, 5.74) is 7.77. The summed E-state index contributed by atoms with van der Waals surface area (Å²) in [6.07, 6.45) is 0.0903. The Balaban J connectivity index is 1.46. The predicted molar refractivity (Wildman–Crippen MR) is 129 cm³/mol. The Labute approximate surface area is 202 Å². The van der Waals surface area contributed by atoms with Crippen molar-refractivity contribution >= 4 is 23.6 Å². The number of carbonyl (C=O) groups is 4. The SMILES string of the molecule is Cc1ccc(C)c(OCC(=O)NNC(=O)C(Cc2ccccc2)N2C(=O)c3ccccc3C2=O)c1. The molecule has 1 unspecified atom stereocenters. The van der Waals surface area contributed by atoms with E-state index in [9.17, 15) is 19.2 Å². The fraction of sp³-hybridized carbons (Fsp3) is 0.185. The van der Waals surface area contributed by atoms with Crippen LogP contribution in [-0.2, 0) is 16.0 Å². The molecule has 2 N–H and O–H groups in total. The zero-order valence-corrected chi connectivity index (χ0v) is 19.4. The first-order valence-electron chi connectivity index (χ1n) is 11.1. The maximum absolute atomic E-state index is 13.1. The largest absolute Gasteiger partial charge is 0.483 e. The van der Waals surface area contributed by atoms with Gasteiger partial charge in [0.15, 0.2) is 6.61 Å². The van der Waals surface area contributed by atoms with Gasteiger partial charge in [0.25, 0.3) is 23.6 Å². The number of hydrogen-bond donors (Lipinski definition) is 2. The van der Waals surface area contributed by atoms with Crippen molar-refractivity contribution in [3.63, 3.8) is 0 Å². The number of amides is 4. The number of ether oxygens (including phenoxy) is 1. The molecule has 1 aliphatic rings. The second-order valence-electron chi connectivity index (χ2n) is 8.33. The molecule has 3 aromatic carbocycles. The minimum atomic E-state index is -1.16. The van der Waals surface area contributed by atoms with Crippen molar-refractivity contribution in [1.82, 2.24) is 15.8 Å². The normalized spacial score (nSPS) is 13.3. The molecule has 8 nitrogen and oxygen atoms in total. The molecule has 1 heterocycles. The Morgan fingerprint density at radius 2 is 1.49 bits per heavy atom. The van der Waals surface area contributed by atoms with Crippen molar-refractivity contribution in [3.05, 3.63) is 101 Å². The quantitative estimate of drug-likeness (QED) is 0.407. The van der Waals surface area contributed by atoms with Crippen LogP contribution in [0, 0.1) is 13.8 Å². The molecule has 178 valence electrons. The zero-order valence-electron chi connectivity index (χ0n) is 19.4. The number of carbonyl (C=O) groups excluding carboxylic acids is 4. The van der Waals surface area contributed by atoms with Crippen LogP contribution in [-0.4, -0.2) is 41.2 Å². The smallest absolute Gasteiger partial charge is 0.276 e. The lowest BCUT2D eigenvalue weighted by molar-refractivity contribution is -0.132. The highest BCUT2D eigenvalue weighted by molar-refractivity contribution is 6.22. The molecular formula is C27H25N3O5. The van der Waals surface area contributed by atoms with Crippen molar-refractivity contribution < 1.29 is 23.9 Å². The Bertz CT molecular complexity index is 1250. The van der Waals surface area contributed by atoms with Crippen molar-refractivity contribution in [2.45, 2.75) is 26.3 Å². The number of rotatable bonds is 7. The first-order valence-corrected chi connectivity index (χ1v) is 11.1. The molecule has 3 aromatic rings. The van der Waals surface area contributed by atoms with Gasteiger partial charge in [-0.15, -0.1) is 0 Å². The first-order chi connectivity index (χ1) is 16.8. The van der Waals surface area contributed by atoms with E-state index in [0.717, 1.165) is 21.6 Å². The van der Waals surface area contributed by atoms with Gasteiger partial charge in [0.1, 0.15) is 11.8 Å². The molecule has 0 saturated heterocycles. The lowest BCUT2D eigenvalue weighted by Gasteiger charge is -2.25. The van der Waals surface area contributed by atoms with Crippen LogP contribution in [0.1, 0.15) is 37.4 Å². The summed E-state index contributed by atoms with van der Waals surface area (Å²) in [5, 5.41) is 0. The third-order valence-electron chi connectivity index (χ3n) is 5.74. The minimum Gasteiger partial charge on any atom is -0.483 e. The maximum atomic E-state index is 13.1. The maximum Gasteiger partial charge on any atom is 0.276 e. The molecule has 0 aliphatic carbocycles. The van der Waals surface area contributed by atoms with Crippen LogP contribution in [0.25, 0.3) is 0 Å². The molecular weight excluding hydrogens is 446 g/mol. The molecule has 0 bridgehead atoms. The highest BCUT2D eigenvalue weighted by Gasteiger charge is 2.42. The van der Waals surface area contributed by atoms with Crippen molar-refractivity contribution in [1.29, 1.82) is 0 Å². The number of aryl methyl sites for hydroxylation is 2. The van der Waals surface area contributed by atoms with Crippen LogP contribution < -0.4 is 15.6 Å². The Kier molecular flexibility index (Phi) is 6.91. The lowest BCUT2D eigenvalue weighted by atomic mass is 10.0. The molecule has 0 aromatic heterocycles. The van der Waals surface area contributed by atoms with Gasteiger partial charge in [-0.25, -0.2) is 0 Å². The van der Waals surface area contributed by atoms with E-state index in [1.54, 1.807) is 48.5 Å². The third-order valence-corrected chi connectivity index (χ3v) is 5.74. The lowest BCUT2D eigenvalue weighted by Crippen LogP contribution is -2.55. The van der Waals surface area contributed by atoms with E-state index in [1.807, 2.05) is 38.1 Å². The average Bonchev–Trinajstić information content (AvgIpc) is 3.12. The number of nitrogens with zero attached hydrogens (tertiary/aromatic N) is 1. The molecule has 1 aliphatic heterocycles.